The zero-order valence-electron chi connectivity index (χ0n) is 12.1. The summed E-state index contributed by atoms with van der Waals surface area (Å²) in [5, 5.41) is 0. The predicted octanol–water partition coefficient (Wildman–Crippen LogP) is 5.70. The van der Waals surface area contributed by atoms with Gasteiger partial charge in [-0.1, -0.05) is 6.07 Å². The van der Waals surface area contributed by atoms with Crippen molar-refractivity contribution >= 4 is 0 Å². The molecule has 0 bridgehead atoms. The van der Waals surface area contributed by atoms with E-state index in [2.05, 4.69) is 4.74 Å². The molecule has 136 valence electrons. The lowest BCUT2D eigenvalue weighted by Crippen LogP contribution is -2.24. The van der Waals surface area contributed by atoms with Gasteiger partial charge in [0.15, 0.2) is 11.6 Å². The molecule has 0 aliphatic rings. The fourth-order valence-corrected chi connectivity index (χ4v) is 1.95. The molecular formula is C15H7F9O. The van der Waals surface area contributed by atoms with Gasteiger partial charge in [0, 0.05) is 12.1 Å². The summed E-state index contributed by atoms with van der Waals surface area (Å²) < 4.78 is 123. The van der Waals surface area contributed by atoms with E-state index in [1.54, 1.807) is 0 Å². The summed E-state index contributed by atoms with van der Waals surface area (Å²) >= 11 is 0. The van der Waals surface area contributed by atoms with Crippen LogP contribution in [0.25, 0.3) is 0 Å². The Kier molecular flexibility index (Phi) is 4.67. The second-order valence-corrected chi connectivity index (χ2v) is 4.94. The quantitative estimate of drug-likeness (QED) is 0.627. The van der Waals surface area contributed by atoms with E-state index >= 15 is 0 Å². The number of aryl methyl sites for hydroxylation is 1. The molecule has 0 fully saturated rings. The molecule has 0 amide bonds. The summed E-state index contributed by atoms with van der Waals surface area (Å²) in [6.07, 6.45) is -10.0. The molecule has 2 rings (SSSR count). The summed E-state index contributed by atoms with van der Waals surface area (Å²) in [7, 11) is 0. The number of alkyl halides is 5. The second-order valence-electron chi connectivity index (χ2n) is 4.94. The minimum absolute atomic E-state index is 0.137. The zero-order valence-corrected chi connectivity index (χ0v) is 12.1. The normalized spacial score (nSPS) is 12.4. The van der Waals surface area contributed by atoms with E-state index < -0.39 is 52.4 Å². The lowest BCUT2D eigenvalue weighted by atomic mass is 10.1. The summed E-state index contributed by atoms with van der Waals surface area (Å²) in [5.74, 6) is -9.29. The number of benzene rings is 2. The monoisotopic (exact) mass is 374 g/mol. The lowest BCUT2D eigenvalue weighted by Gasteiger charge is -2.20. The third kappa shape index (κ3) is 3.67. The van der Waals surface area contributed by atoms with E-state index in [-0.39, 0.29) is 17.7 Å². The summed E-state index contributed by atoms with van der Waals surface area (Å²) in [6.45, 7) is 1.10. The van der Waals surface area contributed by atoms with Crippen LogP contribution in [0.3, 0.4) is 0 Å². The van der Waals surface area contributed by atoms with Crippen LogP contribution in [0.5, 0.6) is 5.75 Å². The number of halogens is 9. The Morgan fingerprint density at radius 1 is 0.800 bits per heavy atom. The van der Waals surface area contributed by atoms with Gasteiger partial charge in [-0.25, -0.2) is 17.6 Å². The van der Waals surface area contributed by atoms with E-state index in [0.29, 0.717) is 6.07 Å². The van der Waals surface area contributed by atoms with Gasteiger partial charge in [0.1, 0.15) is 28.5 Å². The van der Waals surface area contributed by atoms with Crippen molar-refractivity contribution < 1.29 is 44.3 Å². The van der Waals surface area contributed by atoms with Crippen LogP contribution in [0.2, 0.25) is 0 Å². The molecule has 0 aromatic heterocycles. The second kappa shape index (κ2) is 6.16. The average Bonchev–Trinajstić information content (AvgIpc) is 2.41. The van der Waals surface area contributed by atoms with E-state index in [1.165, 1.54) is 0 Å². The molecule has 0 atom stereocenters. The maximum atomic E-state index is 13.9. The molecule has 0 aliphatic carbocycles. The molecule has 0 aliphatic heterocycles. The Morgan fingerprint density at radius 2 is 1.32 bits per heavy atom. The highest BCUT2D eigenvalue weighted by atomic mass is 19.4. The number of hydrogen-bond acceptors (Lipinski definition) is 1. The van der Waals surface area contributed by atoms with Crippen molar-refractivity contribution in [3.05, 3.63) is 64.2 Å². The third-order valence-electron chi connectivity index (χ3n) is 3.13. The predicted molar refractivity (Wildman–Crippen MR) is 67.0 cm³/mol. The molecule has 2 aromatic rings. The standard InChI is InChI=1S/C15H7F9O/c1-6-2-3-8(13(19)12(6)18)15(23,24)25-7-4-9(16)11(10(17)5-7)14(20,21)22/h2-5H,1H3. The van der Waals surface area contributed by atoms with Crippen molar-refractivity contribution in [2.75, 3.05) is 0 Å². The molecule has 0 heterocycles. The number of ether oxygens (including phenoxy) is 1. The molecule has 0 unspecified atom stereocenters. The van der Waals surface area contributed by atoms with Crippen LogP contribution in [-0.4, -0.2) is 0 Å². The fourth-order valence-electron chi connectivity index (χ4n) is 1.95. The van der Waals surface area contributed by atoms with Crippen LogP contribution in [0.15, 0.2) is 24.3 Å². The number of rotatable bonds is 3. The first-order valence-corrected chi connectivity index (χ1v) is 6.42. The Balaban J connectivity index is 2.44. The summed E-state index contributed by atoms with van der Waals surface area (Å²) in [6, 6.07) is 1.01. The molecule has 0 radical (unpaired) electrons. The van der Waals surface area contributed by atoms with Crippen molar-refractivity contribution in [1.82, 2.24) is 0 Å². The topological polar surface area (TPSA) is 9.23 Å². The first-order chi connectivity index (χ1) is 11.3. The molecule has 2 aromatic carbocycles. The van der Waals surface area contributed by atoms with Gasteiger partial charge < -0.3 is 4.74 Å². The molecular weight excluding hydrogens is 367 g/mol. The molecule has 0 spiro atoms. The van der Waals surface area contributed by atoms with Crippen molar-refractivity contribution in [1.29, 1.82) is 0 Å². The summed E-state index contributed by atoms with van der Waals surface area (Å²) in [4.78, 5) is 0. The molecule has 25 heavy (non-hydrogen) atoms. The van der Waals surface area contributed by atoms with E-state index in [0.717, 1.165) is 13.0 Å². The van der Waals surface area contributed by atoms with Crippen LogP contribution in [0.1, 0.15) is 16.7 Å². The third-order valence-corrected chi connectivity index (χ3v) is 3.13. The molecule has 0 saturated carbocycles. The van der Waals surface area contributed by atoms with Crippen LogP contribution >= 0.6 is 0 Å². The minimum atomic E-state index is -5.40. The van der Waals surface area contributed by atoms with Crippen molar-refractivity contribution in [2.24, 2.45) is 0 Å². The smallest absolute Gasteiger partial charge is 0.429 e. The van der Waals surface area contributed by atoms with Gasteiger partial charge in [0.2, 0.25) is 0 Å². The molecule has 10 heteroatoms. The van der Waals surface area contributed by atoms with Gasteiger partial charge in [-0.15, -0.1) is 0 Å². The first-order valence-electron chi connectivity index (χ1n) is 6.42. The van der Waals surface area contributed by atoms with E-state index in [4.69, 9.17) is 0 Å². The largest absolute Gasteiger partial charge is 0.429 e. The van der Waals surface area contributed by atoms with Gasteiger partial charge in [-0.3, -0.25) is 0 Å². The van der Waals surface area contributed by atoms with Crippen LogP contribution in [0.4, 0.5) is 39.5 Å². The highest BCUT2D eigenvalue weighted by Gasteiger charge is 2.41. The Bertz CT molecular complexity index is 788. The summed E-state index contributed by atoms with van der Waals surface area (Å²) in [5.41, 5.74) is -4.17. The fraction of sp³-hybridized carbons (Fsp3) is 0.200. The van der Waals surface area contributed by atoms with Crippen LogP contribution in [-0.2, 0) is 12.3 Å². The van der Waals surface area contributed by atoms with Crippen molar-refractivity contribution in [2.45, 2.75) is 19.2 Å². The zero-order chi connectivity index (χ0) is 19.2. The maximum absolute atomic E-state index is 13.9. The van der Waals surface area contributed by atoms with Crippen LogP contribution in [0, 0.1) is 30.2 Å². The van der Waals surface area contributed by atoms with Gasteiger partial charge >= 0.3 is 12.3 Å². The van der Waals surface area contributed by atoms with Crippen molar-refractivity contribution in [3.63, 3.8) is 0 Å². The Hall–Kier alpha value is -2.39. The first kappa shape index (κ1) is 18.9. The Labute approximate surface area is 134 Å². The lowest BCUT2D eigenvalue weighted by molar-refractivity contribution is -0.188. The van der Waals surface area contributed by atoms with E-state index in [9.17, 15) is 39.5 Å². The maximum Gasteiger partial charge on any atom is 0.429 e. The average molecular weight is 374 g/mol. The van der Waals surface area contributed by atoms with E-state index in [1.807, 2.05) is 0 Å². The number of hydrogen-bond donors (Lipinski definition) is 0. The van der Waals surface area contributed by atoms with Gasteiger partial charge in [-0.05, 0) is 18.6 Å². The highest BCUT2D eigenvalue weighted by Crippen LogP contribution is 2.38. The highest BCUT2D eigenvalue weighted by molar-refractivity contribution is 5.34. The Morgan fingerprint density at radius 3 is 1.80 bits per heavy atom. The van der Waals surface area contributed by atoms with Gasteiger partial charge in [0.05, 0.1) is 0 Å². The molecule has 0 N–H and O–H groups in total. The van der Waals surface area contributed by atoms with Gasteiger partial charge in [0.25, 0.3) is 0 Å². The van der Waals surface area contributed by atoms with Crippen LogP contribution < -0.4 is 4.74 Å². The minimum Gasteiger partial charge on any atom is -0.429 e. The van der Waals surface area contributed by atoms with Gasteiger partial charge in [-0.2, -0.15) is 22.0 Å². The molecule has 0 saturated heterocycles. The SMILES string of the molecule is Cc1ccc(C(F)(F)Oc2cc(F)c(C(F)(F)F)c(F)c2)c(F)c1F. The van der Waals surface area contributed by atoms with Crippen molar-refractivity contribution in [3.8, 4) is 5.75 Å². The molecule has 1 nitrogen and oxygen atoms in total.